The van der Waals surface area contributed by atoms with E-state index in [0.29, 0.717) is 5.92 Å². The average Bonchev–Trinajstić information content (AvgIpc) is 2.25. The molecule has 1 aliphatic heterocycles. The first-order chi connectivity index (χ1) is 7.52. The topological polar surface area (TPSA) is 35.6 Å². The first-order valence-electron chi connectivity index (χ1n) is 6.18. The number of hydrogen-bond donors (Lipinski definition) is 1. The van der Waals surface area contributed by atoms with E-state index in [0.717, 1.165) is 32.6 Å². The largest absolute Gasteiger partial charge is 0.347 e. The van der Waals surface area contributed by atoms with E-state index in [1.807, 2.05) is 14.1 Å². The van der Waals surface area contributed by atoms with E-state index in [4.69, 9.17) is 0 Å². The fraction of sp³-hybridized carbons (Fsp3) is 0.917. The Morgan fingerprint density at radius 3 is 2.75 bits per heavy atom. The quantitative estimate of drug-likeness (QED) is 0.755. The minimum Gasteiger partial charge on any atom is -0.347 e. The summed E-state index contributed by atoms with van der Waals surface area (Å²) in [6.07, 6.45) is 1.16. The van der Waals surface area contributed by atoms with Crippen LogP contribution in [-0.2, 0) is 4.79 Å². The van der Waals surface area contributed by atoms with E-state index in [-0.39, 0.29) is 11.9 Å². The summed E-state index contributed by atoms with van der Waals surface area (Å²) in [4.78, 5) is 16.0. The van der Waals surface area contributed by atoms with Gasteiger partial charge >= 0.3 is 0 Å². The second kappa shape index (κ2) is 6.21. The van der Waals surface area contributed by atoms with Crippen molar-refractivity contribution in [2.75, 3.05) is 40.3 Å². The molecule has 0 aromatic carbocycles. The van der Waals surface area contributed by atoms with Gasteiger partial charge in [-0.1, -0.05) is 13.8 Å². The maximum Gasteiger partial charge on any atom is 0.240 e. The molecule has 4 heteroatoms. The molecule has 0 radical (unpaired) electrons. The maximum absolute atomic E-state index is 12.0. The van der Waals surface area contributed by atoms with E-state index in [2.05, 4.69) is 24.1 Å². The minimum atomic E-state index is 0.0301. The standard InChI is InChI=1S/C12H25N3O/c1-10(2)5-7-15-8-6-13-9-11(15)12(16)14(3)4/h10-11,13H,5-9H2,1-4H3. The van der Waals surface area contributed by atoms with Crippen LogP contribution < -0.4 is 5.32 Å². The van der Waals surface area contributed by atoms with Crippen molar-refractivity contribution in [2.24, 2.45) is 5.92 Å². The van der Waals surface area contributed by atoms with Crippen LogP contribution in [0.1, 0.15) is 20.3 Å². The molecule has 1 N–H and O–H groups in total. The summed E-state index contributed by atoms with van der Waals surface area (Å²) in [6.45, 7) is 8.25. The van der Waals surface area contributed by atoms with Gasteiger partial charge in [0, 0.05) is 33.7 Å². The van der Waals surface area contributed by atoms with Crippen LogP contribution in [0.3, 0.4) is 0 Å². The van der Waals surface area contributed by atoms with Gasteiger partial charge in [-0.25, -0.2) is 0 Å². The Balaban J connectivity index is 2.53. The lowest BCUT2D eigenvalue weighted by molar-refractivity contribution is -0.135. The van der Waals surface area contributed by atoms with Crippen LogP contribution in [-0.4, -0.2) is 62.0 Å². The molecule has 94 valence electrons. The fourth-order valence-corrected chi connectivity index (χ4v) is 1.98. The first kappa shape index (κ1) is 13.5. The lowest BCUT2D eigenvalue weighted by Crippen LogP contribution is -2.57. The molecular formula is C12H25N3O. The molecule has 0 saturated carbocycles. The molecule has 16 heavy (non-hydrogen) atoms. The average molecular weight is 227 g/mol. The van der Waals surface area contributed by atoms with Crippen LogP contribution in [0.2, 0.25) is 0 Å². The van der Waals surface area contributed by atoms with Gasteiger partial charge in [-0.15, -0.1) is 0 Å². The van der Waals surface area contributed by atoms with E-state index in [1.54, 1.807) is 4.90 Å². The van der Waals surface area contributed by atoms with Crippen molar-refractivity contribution in [1.82, 2.24) is 15.1 Å². The maximum atomic E-state index is 12.0. The van der Waals surface area contributed by atoms with Crippen molar-refractivity contribution in [3.05, 3.63) is 0 Å². The second-order valence-corrected chi connectivity index (χ2v) is 5.17. The van der Waals surface area contributed by atoms with Gasteiger partial charge in [0.05, 0.1) is 0 Å². The highest BCUT2D eigenvalue weighted by Crippen LogP contribution is 2.09. The number of rotatable bonds is 4. The third-order valence-corrected chi connectivity index (χ3v) is 3.07. The zero-order chi connectivity index (χ0) is 12.1. The number of hydrogen-bond acceptors (Lipinski definition) is 3. The zero-order valence-corrected chi connectivity index (χ0v) is 11.0. The zero-order valence-electron chi connectivity index (χ0n) is 11.0. The minimum absolute atomic E-state index is 0.0301. The smallest absolute Gasteiger partial charge is 0.240 e. The summed E-state index contributed by atoms with van der Waals surface area (Å²) in [5.41, 5.74) is 0. The third-order valence-electron chi connectivity index (χ3n) is 3.07. The molecule has 0 aromatic rings. The third kappa shape index (κ3) is 3.76. The lowest BCUT2D eigenvalue weighted by atomic mass is 10.1. The molecule has 0 aliphatic carbocycles. The van der Waals surface area contributed by atoms with E-state index in [1.165, 1.54) is 0 Å². The Hall–Kier alpha value is -0.610. The molecule has 1 amide bonds. The number of carbonyl (C=O) groups excluding carboxylic acids is 1. The van der Waals surface area contributed by atoms with Crippen molar-refractivity contribution < 1.29 is 4.79 Å². The second-order valence-electron chi connectivity index (χ2n) is 5.17. The monoisotopic (exact) mass is 227 g/mol. The molecule has 1 unspecified atom stereocenters. The number of nitrogens with one attached hydrogen (secondary N) is 1. The van der Waals surface area contributed by atoms with Gasteiger partial charge in [0.1, 0.15) is 6.04 Å². The van der Waals surface area contributed by atoms with Gasteiger partial charge < -0.3 is 10.2 Å². The van der Waals surface area contributed by atoms with Crippen LogP contribution in [0.5, 0.6) is 0 Å². The summed E-state index contributed by atoms with van der Waals surface area (Å²) in [6, 6.07) is 0.0301. The summed E-state index contributed by atoms with van der Waals surface area (Å²) < 4.78 is 0. The van der Waals surface area contributed by atoms with E-state index in [9.17, 15) is 4.79 Å². The Morgan fingerprint density at radius 1 is 1.50 bits per heavy atom. The molecular weight excluding hydrogens is 202 g/mol. The van der Waals surface area contributed by atoms with E-state index < -0.39 is 0 Å². The predicted octanol–water partition coefficient (Wildman–Crippen LogP) is 0.395. The van der Waals surface area contributed by atoms with Crippen LogP contribution in [0.15, 0.2) is 0 Å². The molecule has 0 bridgehead atoms. The number of carbonyl (C=O) groups is 1. The van der Waals surface area contributed by atoms with E-state index >= 15 is 0 Å². The van der Waals surface area contributed by atoms with Crippen molar-refractivity contribution in [1.29, 1.82) is 0 Å². The molecule has 1 atom stereocenters. The highest BCUT2D eigenvalue weighted by atomic mass is 16.2. The van der Waals surface area contributed by atoms with Crippen molar-refractivity contribution in [3.8, 4) is 0 Å². The Labute approximate surface area is 99.0 Å². The molecule has 1 aliphatic rings. The predicted molar refractivity (Wildman–Crippen MR) is 66.4 cm³/mol. The summed E-state index contributed by atoms with van der Waals surface area (Å²) in [5, 5.41) is 3.30. The molecule has 1 heterocycles. The van der Waals surface area contributed by atoms with Crippen LogP contribution >= 0.6 is 0 Å². The SMILES string of the molecule is CC(C)CCN1CCNCC1C(=O)N(C)C. The fourth-order valence-electron chi connectivity index (χ4n) is 1.98. The highest BCUT2D eigenvalue weighted by molar-refractivity contribution is 5.81. The number of nitrogens with zero attached hydrogens (tertiary/aromatic N) is 2. The summed E-state index contributed by atoms with van der Waals surface area (Å²) in [7, 11) is 3.66. The molecule has 1 fully saturated rings. The first-order valence-corrected chi connectivity index (χ1v) is 6.18. The Kier molecular flexibility index (Phi) is 5.22. The number of amides is 1. The Morgan fingerprint density at radius 2 is 2.19 bits per heavy atom. The highest BCUT2D eigenvalue weighted by Gasteiger charge is 2.29. The molecule has 1 rings (SSSR count). The van der Waals surface area contributed by atoms with Gasteiger partial charge in [0.25, 0.3) is 0 Å². The summed E-state index contributed by atoms with van der Waals surface area (Å²) >= 11 is 0. The van der Waals surface area contributed by atoms with Crippen LogP contribution in [0, 0.1) is 5.92 Å². The molecule has 1 saturated heterocycles. The van der Waals surface area contributed by atoms with Crippen LogP contribution in [0.4, 0.5) is 0 Å². The van der Waals surface area contributed by atoms with Crippen molar-refractivity contribution in [2.45, 2.75) is 26.3 Å². The molecule has 0 spiro atoms. The van der Waals surface area contributed by atoms with Gasteiger partial charge in [0.15, 0.2) is 0 Å². The number of piperazine rings is 1. The van der Waals surface area contributed by atoms with Gasteiger partial charge in [-0.05, 0) is 18.9 Å². The van der Waals surface area contributed by atoms with Gasteiger partial charge in [0.2, 0.25) is 5.91 Å². The lowest BCUT2D eigenvalue weighted by Gasteiger charge is -2.36. The van der Waals surface area contributed by atoms with Crippen molar-refractivity contribution in [3.63, 3.8) is 0 Å². The van der Waals surface area contributed by atoms with Crippen molar-refractivity contribution >= 4 is 5.91 Å². The normalized spacial score (nSPS) is 22.4. The van der Waals surface area contributed by atoms with Gasteiger partial charge in [-0.2, -0.15) is 0 Å². The molecule has 4 nitrogen and oxygen atoms in total. The van der Waals surface area contributed by atoms with Crippen LogP contribution in [0.25, 0.3) is 0 Å². The molecule has 0 aromatic heterocycles. The van der Waals surface area contributed by atoms with Gasteiger partial charge in [-0.3, -0.25) is 9.69 Å². The Bertz CT molecular complexity index is 228. The summed E-state index contributed by atoms with van der Waals surface area (Å²) in [5.74, 6) is 0.918. The number of likely N-dealkylation sites (N-methyl/N-ethyl adjacent to an activating group) is 1.